The maximum Gasteiger partial charge on any atom is 0.249 e. The van der Waals surface area contributed by atoms with Crippen LogP contribution in [0.25, 0.3) is 0 Å². The van der Waals surface area contributed by atoms with E-state index >= 15 is 4.39 Å². The summed E-state index contributed by atoms with van der Waals surface area (Å²) in [6.07, 6.45) is 1.52. The molecule has 1 aliphatic carbocycles. The fraction of sp³-hybridized carbons (Fsp3) is 0.500. The second-order valence-corrected chi connectivity index (χ2v) is 11.4. The van der Waals surface area contributed by atoms with Crippen molar-refractivity contribution in [1.82, 2.24) is 20.0 Å². The molecule has 210 valence electrons. The number of hydrogen-bond donors (Lipinski definition) is 1. The molecule has 1 heterocycles. The van der Waals surface area contributed by atoms with Gasteiger partial charge in [0.05, 0.1) is 0 Å². The van der Waals surface area contributed by atoms with Crippen LogP contribution < -0.4 is 5.32 Å². The molecule has 1 aliphatic heterocycles. The van der Waals surface area contributed by atoms with Crippen molar-refractivity contribution in [3.05, 3.63) is 70.8 Å². The third kappa shape index (κ3) is 6.13. The Hall–Kier alpha value is -3.33. The monoisotopic (exact) mass is 540 g/mol. The number of hydrogen-bond acceptors (Lipinski definition) is 4. The summed E-state index contributed by atoms with van der Waals surface area (Å²) < 4.78 is 29.2. The number of carbonyl (C=O) groups is 3. The van der Waals surface area contributed by atoms with E-state index in [0.29, 0.717) is 38.4 Å². The molecule has 39 heavy (non-hydrogen) atoms. The van der Waals surface area contributed by atoms with Gasteiger partial charge in [-0.2, -0.15) is 0 Å². The molecule has 1 fully saturated rings. The van der Waals surface area contributed by atoms with E-state index in [0.717, 1.165) is 17.2 Å². The first-order chi connectivity index (χ1) is 18.5. The molecule has 3 atom stereocenters. The van der Waals surface area contributed by atoms with Crippen molar-refractivity contribution in [2.45, 2.75) is 51.2 Å². The average molecular weight is 541 g/mol. The number of halogens is 2. The molecule has 1 saturated heterocycles. The van der Waals surface area contributed by atoms with Crippen LogP contribution in [0.5, 0.6) is 0 Å². The van der Waals surface area contributed by atoms with Crippen LogP contribution in [0.4, 0.5) is 8.78 Å². The van der Waals surface area contributed by atoms with E-state index in [-0.39, 0.29) is 23.3 Å². The molecule has 2 aromatic rings. The van der Waals surface area contributed by atoms with Crippen molar-refractivity contribution in [3.63, 3.8) is 0 Å². The molecule has 0 bridgehead atoms. The second kappa shape index (κ2) is 11.8. The zero-order valence-corrected chi connectivity index (χ0v) is 23.3. The van der Waals surface area contributed by atoms with Crippen molar-refractivity contribution in [1.29, 1.82) is 0 Å². The topological polar surface area (TPSA) is 73.0 Å². The third-order valence-electron chi connectivity index (χ3n) is 7.73. The van der Waals surface area contributed by atoms with E-state index in [2.05, 4.69) is 5.32 Å². The van der Waals surface area contributed by atoms with Gasteiger partial charge in [-0.1, -0.05) is 44.2 Å². The van der Waals surface area contributed by atoms with Gasteiger partial charge < -0.3 is 20.0 Å². The van der Waals surface area contributed by atoms with Crippen LogP contribution >= 0.6 is 0 Å². The Bertz CT molecular complexity index is 1210. The van der Waals surface area contributed by atoms with Crippen molar-refractivity contribution in [3.8, 4) is 0 Å². The molecule has 2 aliphatic rings. The number of amides is 3. The number of piperazine rings is 1. The molecule has 1 N–H and O–H groups in total. The summed E-state index contributed by atoms with van der Waals surface area (Å²) in [6, 6.07) is 7.69. The fourth-order valence-corrected chi connectivity index (χ4v) is 5.67. The summed E-state index contributed by atoms with van der Waals surface area (Å²) in [6.45, 7) is 4.73. The first kappa shape index (κ1) is 28.7. The Labute approximate surface area is 229 Å². The fourth-order valence-electron chi connectivity index (χ4n) is 5.67. The van der Waals surface area contributed by atoms with Gasteiger partial charge in [-0.15, -0.1) is 0 Å². The van der Waals surface area contributed by atoms with Crippen LogP contribution in [0.1, 0.15) is 43.0 Å². The third-order valence-corrected chi connectivity index (χ3v) is 7.73. The van der Waals surface area contributed by atoms with Crippen molar-refractivity contribution in [2.24, 2.45) is 11.8 Å². The SMILES string of the molecule is CC(C)C[C@@H]1C(=O)NC(C2Cc3ccccc3C2)C(=O)N1[C@@H](C(=O)N(C)CCN(C)C)c1ccc(F)cc1F. The highest BCUT2D eigenvalue weighted by atomic mass is 19.1. The second-order valence-electron chi connectivity index (χ2n) is 11.4. The summed E-state index contributed by atoms with van der Waals surface area (Å²) in [5.41, 5.74) is 2.13. The van der Waals surface area contributed by atoms with Crippen LogP contribution in [0.3, 0.4) is 0 Å². The smallest absolute Gasteiger partial charge is 0.249 e. The number of benzene rings is 2. The van der Waals surface area contributed by atoms with E-state index in [1.165, 1.54) is 15.9 Å². The lowest BCUT2D eigenvalue weighted by Crippen LogP contribution is -2.67. The van der Waals surface area contributed by atoms with Crippen LogP contribution in [0, 0.1) is 23.5 Å². The first-order valence-electron chi connectivity index (χ1n) is 13.5. The van der Waals surface area contributed by atoms with Gasteiger partial charge >= 0.3 is 0 Å². The Morgan fingerprint density at radius 1 is 1.03 bits per heavy atom. The van der Waals surface area contributed by atoms with Gasteiger partial charge in [0, 0.05) is 31.8 Å². The normalized spacial score (nSPS) is 20.4. The summed E-state index contributed by atoms with van der Waals surface area (Å²) in [5.74, 6) is -3.19. The average Bonchev–Trinajstić information content (AvgIpc) is 3.31. The zero-order chi connectivity index (χ0) is 28.4. The van der Waals surface area contributed by atoms with E-state index in [1.807, 2.05) is 57.1 Å². The lowest BCUT2D eigenvalue weighted by molar-refractivity contribution is -0.160. The minimum absolute atomic E-state index is 0.0172. The summed E-state index contributed by atoms with van der Waals surface area (Å²) in [7, 11) is 5.34. The van der Waals surface area contributed by atoms with Crippen molar-refractivity contribution in [2.75, 3.05) is 34.2 Å². The highest BCUT2D eigenvalue weighted by molar-refractivity contribution is 6.00. The highest BCUT2D eigenvalue weighted by Crippen LogP contribution is 2.36. The highest BCUT2D eigenvalue weighted by Gasteiger charge is 2.50. The molecular weight excluding hydrogens is 502 g/mol. The molecule has 9 heteroatoms. The predicted octanol–water partition coefficient (Wildman–Crippen LogP) is 3.18. The van der Waals surface area contributed by atoms with E-state index in [1.54, 1.807) is 7.05 Å². The van der Waals surface area contributed by atoms with Crippen LogP contribution in [-0.4, -0.2) is 78.7 Å². The lowest BCUT2D eigenvalue weighted by atomic mass is 9.87. The molecule has 0 radical (unpaired) electrons. The van der Waals surface area contributed by atoms with Crippen LogP contribution in [0.2, 0.25) is 0 Å². The molecule has 0 aromatic heterocycles. The number of nitrogens with zero attached hydrogens (tertiary/aromatic N) is 3. The Morgan fingerprint density at radius 3 is 2.23 bits per heavy atom. The molecule has 4 rings (SSSR count). The Balaban J connectivity index is 1.77. The van der Waals surface area contributed by atoms with Crippen LogP contribution in [-0.2, 0) is 27.2 Å². The largest absolute Gasteiger partial charge is 0.342 e. The van der Waals surface area contributed by atoms with Gasteiger partial charge in [0.25, 0.3) is 0 Å². The van der Waals surface area contributed by atoms with Gasteiger partial charge in [0.15, 0.2) is 0 Å². The van der Waals surface area contributed by atoms with E-state index < -0.39 is 41.6 Å². The molecule has 2 aromatic carbocycles. The minimum atomic E-state index is -1.41. The van der Waals surface area contributed by atoms with Crippen molar-refractivity contribution >= 4 is 17.7 Å². The Morgan fingerprint density at radius 2 is 1.67 bits per heavy atom. The van der Waals surface area contributed by atoms with Gasteiger partial charge in [0.2, 0.25) is 17.7 Å². The summed E-state index contributed by atoms with van der Waals surface area (Å²) >= 11 is 0. The summed E-state index contributed by atoms with van der Waals surface area (Å²) in [4.78, 5) is 46.6. The number of nitrogens with one attached hydrogen (secondary N) is 1. The molecular formula is C30H38F2N4O3. The maximum atomic E-state index is 15.3. The zero-order valence-electron chi connectivity index (χ0n) is 23.3. The number of carbonyl (C=O) groups excluding carboxylic acids is 3. The molecule has 3 amide bonds. The number of likely N-dealkylation sites (N-methyl/N-ethyl adjacent to an activating group) is 2. The van der Waals surface area contributed by atoms with Crippen molar-refractivity contribution < 1.29 is 23.2 Å². The first-order valence-corrected chi connectivity index (χ1v) is 13.5. The van der Waals surface area contributed by atoms with Gasteiger partial charge in [-0.05, 0) is 62.4 Å². The van der Waals surface area contributed by atoms with Gasteiger partial charge in [-0.3, -0.25) is 14.4 Å². The summed E-state index contributed by atoms with van der Waals surface area (Å²) in [5, 5.41) is 2.95. The van der Waals surface area contributed by atoms with E-state index in [9.17, 15) is 18.8 Å². The predicted molar refractivity (Wildman–Crippen MR) is 145 cm³/mol. The lowest BCUT2D eigenvalue weighted by Gasteiger charge is -2.45. The number of fused-ring (bicyclic) bond motifs is 1. The molecule has 1 unspecified atom stereocenters. The maximum absolute atomic E-state index is 15.3. The number of rotatable bonds is 9. The standard InChI is InChI=1S/C30H38F2N4O3/c1-18(2)14-25-28(37)33-26(21-15-19-8-6-7-9-20(19)16-21)29(38)36(25)27(23-11-10-22(31)17-24(23)32)30(39)35(5)13-12-34(3)4/h6-11,17-18,21,25-27H,12-16H2,1-5H3,(H,33,37)/t25-,26?,27-/m1/s1. The van der Waals surface area contributed by atoms with E-state index in [4.69, 9.17) is 0 Å². The quantitative estimate of drug-likeness (QED) is 0.531. The Kier molecular flexibility index (Phi) is 8.69. The minimum Gasteiger partial charge on any atom is -0.342 e. The van der Waals surface area contributed by atoms with Gasteiger partial charge in [-0.25, -0.2) is 8.78 Å². The molecule has 0 spiro atoms. The molecule has 0 saturated carbocycles. The van der Waals surface area contributed by atoms with Crippen LogP contribution in [0.15, 0.2) is 42.5 Å². The van der Waals surface area contributed by atoms with Gasteiger partial charge in [0.1, 0.15) is 29.8 Å². The molecule has 7 nitrogen and oxygen atoms in total.